The highest BCUT2D eigenvalue weighted by Crippen LogP contribution is 2.10. The lowest BCUT2D eigenvalue weighted by Gasteiger charge is -2.00. The van der Waals surface area contributed by atoms with Gasteiger partial charge in [0.05, 0.1) is 0 Å². The predicted octanol–water partition coefficient (Wildman–Crippen LogP) is 4.31. The zero-order valence-electron chi connectivity index (χ0n) is 9.69. The molecule has 0 unspecified atom stereocenters. The predicted molar refractivity (Wildman–Crippen MR) is 62.2 cm³/mol. The number of rotatable bonds is 10. The van der Waals surface area contributed by atoms with Crippen molar-refractivity contribution in [2.75, 3.05) is 0 Å². The van der Waals surface area contributed by atoms with Gasteiger partial charge in [0.25, 0.3) is 0 Å². The van der Waals surface area contributed by atoms with Crippen LogP contribution < -0.4 is 0 Å². The molecular formula is C13H25O. The minimum Gasteiger partial charge on any atom is -0.300 e. The zero-order chi connectivity index (χ0) is 10.6. The van der Waals surface area contributed by atoms with Gasteiger partial charge < -0.3 is 0 Å². The molecule has 0 aromatic heterocycles. The molecule has 0 saturated heterocycles. The maximum atomic E-state index is 10.5. The molecule has 0 aromatic carbocycles. The summed E-state index contributed by atoms with van der Waals surface area (Å²) in [5.41, 5.74) is 0. The van der Waals surface area contributed by atoms with Crippen LogP contribution in [-0.2, 0) is 4.79 Å². The number of carbonyl (C=O) groups is 1. The van der Waals surface area contributed by atoms with E-state index in [2.05, 4.69) is 13.8 Å². The largest absolute Gasteiger partial charge is 0.300 e. The van der Waals surface area contributed by atoms with Crippen LogP contribution in [0.3, 0.4) is 0 Å². The average molecular weight is 197 g/mol. The first-order chi connectivity index (χ1) is 6.77. The fourth-order valence-electron chi connectivity index (χ4n) is 1.63. The Kier molecular flexibility index (Phi) is 10.5. The fraction of sp³-hybridized carbons (Fsp3) is 0.846. The number of hydrogen-bond donors (Lipinski definition) is 0. The Labute approximate surface area is 89.3 Å². The molecule has 1 nitrogen and oxygen atoms in total. The highest BCUT2D eigenvalue weighted by atomic mass is 16.1. The number of ketones is 1. The molecule has 0 aliphatic rings. The zero-order valence-corrected chi connectivity index (χ0v) is 9.69. The van der Waals surface area contributed by atoms with Crippen molar-refractivity contribution in [3.8, 4) is 0 Å². The molecule has 0 bridgehead atoms. The Morgan fingerprint density at radius 1 is 0.857 bits per heavy atom. The maximum absolute atomic E-state index is 10.5. The van der Waals surface area contributed by atoms with E-state index in [9.17, 15) is 4.79 Å². The van der Waals surface area contributed by atoms with Crippen molar-refractivity contribution in [2.45, 2.75) is 71.1 Å². The molecule has 0 aliphatic carbocycles. The van der Waals surface area contributed by atoms with Gasteiger partial charge in [-0.2, -0.15) is 0 Å². The van der Waals surface area contributed by atoms with Crippen LogP contribution in [0, 0.1) is 6.92 Å². The smallest absolute Gasteiger partial charge is 0.133 e. The summed E-state index contributed by atoms with van der Waals surface area (Å²) in [5.74, 6) is 0.0907. The molecule has 0 saturated carbocycles. The van der Waals surface area contributed by atoms with Crippen molar-refractivity contribution in [1.82, 2.24) is 0 Å². The molecule has 0 spiro atoms. The highest BCUT2D eigenvalue weighted by Gasteiger charge is 1.94. The van der Waals surface area contributed by atoms with Crippen LogP contribution in [0.4, 0.5) is 0 Å². The van der Waals surface area contributed by atoms with E-state index in [1.807, 2.05) is 0 Å². The molecule has 83 valence electrons. The Balaban J connectivity index is 2.88. The molecule has 14 heavy (non-hydrogen) atoms. The molecule has 0 heterocycles. The van der Waals surface area contributed by atoms with E-state index < -0.39 is 0 Å². The Morgan fingerprint density at radius 3 is 1.71 bits per heavy atom. The van der Waals surface area contributed by atoms with E-state index in [0.29, 0.717) is 6.42 Å². The van der Waals surface area contributed by atoms with Gasteiger partial charge in [-0.3, -0.25) is 4.79 Å². The van der Waals surface area contributed by atoms with E-state index in [0.717, 1.165) is 6.42 Å². The molecule has 0 aromatic rings. The molecule has 0 fully saturated rings. The van der Waals surface area contributed by atoms with E-state index in [1.165, 1.54) is 51.4 Å². The van der Waals surface area contributed by atoms with Crippen molar-refractivity contribution in [3.05, 3.63) is 6.92 Å². The Bertz CT molecular complexity index is 129. The van der Waals surface area contributed by atoms with E-state index in [1.54, 1.807) is 0 Å². The van der Waals surface area contributed by atoms with Gasteiger partial charge in [-0.1, -0.05) is 58.3 Å². The Morgan fingerprint density at radius 2 is 1.29 bits per heavy atom. The number of hydrogen-bond acceptors (Lipinski definition) is 1. The molecule has 1 radical (unpaired) electrons. The van der Waals surface area contributed by atoms with E-state index in [-0.39, 0.29) is 5.78 Å². The second-order valence-electron chi connectivity index (χ2n) is 4.12. The van der Waals surface area contributed by atoms with Gasteiger partial charge in [0, 0.05) is 13.3 Å². The number of carbonyl (C=O) groups excluding carboxylic acids is 1. The van der Waals surface area contributed by atoms with Crippen molar-refractivity contribution < 1.29 is 4.79 Å². The first-order valence-corrected chi connectivity index (χ1v) is 6.12. The minimum absolute atomic E-state index is 0.0907. The van der Waals surface area contributed by atoms with Crippen LogP contribution in [0.5, 0.6) is 0 Å². The maximum Gasteiger partial charge on any atom is 0.133 e. The normalized spacial score (nSPS) is 10.4. The summed E-state index contributed by atoms with van der Waals surface area (Å²) < 4.78 is 0. The van der Waals surface area contributed by atoms with Crippen LogP contribution in [0.25, 0.3) is 0 Å². The van der Waals surface area contributed by atoms with Gasteiger partial charge in [0.15, 0.2) is 0 Å². The van der Waals surface area contributed by atoms with Gasteiger partial charge in [-0.05, 0) is 6.42 Å². The Hall–Kier alpha value is -0.330. The first-order valence-electron chi connectivity index (χ1n) is 6.12. The lowest BCUT2D eigenvalue weighted by Crippen LogP contribution is -1.89. The molecule has 0 rings (SSSR count). The van der Waals surface area contributed by atoms with Gasteiger partial charge in [0.2, 0.25) is 0 Å². The van der Waals surface area contributed by atoms with Crippen molar-refractivity contribution in [2.24, 2.45) is 0 Å². The van der Waals surface area contributed by atoms with Crippen molar-refractivity contribution in [1.29, 1.82) is 0 Å². The second kappa shape index (κ2) is 10.7. The molecule has 0 atom stereocenters. The summed E-state index contributed by atoms with van der Waals surface area (Å²) in [6.07, 6.45) is 12.4. The summed E-state index contributed by atoms with van der Waals surface area (Å²) in [6.45, 7) is 5.61. The van der Waals surface area contributed by atoms with Crippen LogP contribution in [0.1, 0.15) is 71.1 Å². The average Bonchev–Trinajstić information content (AvgIpc) is 2.15. The lowest BCUT2D eigenvalue weighted by atomic mass is 10.1. The minimum atomic E-state index is 0.0907. The molecule has 0 aliphatic heterocycles. The third-order valence-corrected chi connectivity index (χ3v) is 2.56. The van der Waals surface area contributed by atoms with Crippen LogP contribution in [0.2, 0.25) is 0 Å². The van der Waals surface area contributed by atoms with Gasteiger partial charge in [0.1, 0.15) is 5.78 Å². The summed E-state index contributed by atoms with van der Waals surface area (Å²) in [5, 5.41) is 0. The lowest BCUT2D eigenvalue weighted by molar-refractivity contribution is -0.114. The summed E-state index contributed by atoms with van der Waals surface area (Å²) in [7, 11) is 0. The molecular weight excluding hydrogens is 172 g/mol. The second-order valence-corrected chi connectivity index (χ2v) is 4.12. The van der Waals surface area contributed by atoms with E-state index in [4.69, 9.17) is 0 Å². The molecule has 0 N–H and O–H groups in total. The van der Waals surface area contributed by atoms with Crippen LogP contribution in [-0.4, -0.2) is 5.78 Å². The molecule has 0 amide bonds. The third-order valence-electron chi connectivity index (χ3n) is 2.56. The fourth-order valence-corrected chi connectivity index (χ4v) is 1.63. The SMILES string of the molecule is [CH2]C(=O)CCCCCCCCCCC. The topological polar surface area (TPSA) is 17.1 Å². The first kappa shape index (κ1) is 13.7. The van der Waals surface area contributed by atoms with Crippen molar-refractivity contribution >= 4 is 5.78 Å². The van der Waals surface area contributed by atoms with Crippen molar-refractivity contribution in [3.63, 3.8) is 0 Å². The summed E-state index contributed by atoms with van der Waals surface area (Å²) in [4.78, 5) is 10.5. The summed E-state index contributed by atoms with van der Waals surface area (Å²) in [6, 6.07) is 0. The van der Waals surface area contributed by atoms with Gasteiger partial charge in [-0.25, -0.2) is 0 Å². The van der Waals surface area contributed by atoms with E-state index >= 15 is 0 Å². The highest BCUT2D eigenvalue weighted by molar-refractivity contribution is 5.82. The monoisotopic (exact) mass is 197 g/mol. The number of unbranched alkanes of at least 4 members (excludes halogenated alkanes) is 8. The standard InChI is InChI=1S/C13H25O/c1-3-4-5-6-7-8-9-10-11-12-13(2)14/h2-12H2,1H3. The summed E-state index contributed by atoms with van der Waals surface area (Å²) >= 11 is 0. The van der Waals surface area contributed by atoms with Crippen LogP contribution >= 0.6 is 0 Å². The van der Waals surface area contributed by atoms with Gasteiger partial charge in [-0.15, -0.1) is 0 Å². The number of Topliss-reactive ketones (excluding diaryl/α,β-unsaturated/α-hetero) is 1. The van der Waals surface area contributed by atoms with Crippen LogP contribution in [0.15, 0.2) is 0 Å². The third kappa shape index (κ3) is 11.7. The quantitative estimate of drug-likeness (QED) is 0.477. The molecule has 1 heteroatoms. The van der Waals surface area contributed by atoms with Gasteiger partial charge >= 0.3 is 0 Å².